The van der Waals surface area contributed by atoms with Gasteiger partial charge in [-0.3, -0.25) is 9.48 Å². The molecule has 0 aliphatic rings. The zero-order chi connectivity index (χ0) is 18.1. The third-order valence-electron chi connectivity index (χ3n) is 3.68. The van der Waals surface area contributed by atoms with Gasteiger partial charge >= 0.3 is 0 Å². The van der Waals surface area contributed by atoms with Crippen molar-refractivity contribution < 1.29 is 13.2 Å². The number of aromatic nitrogens is 3. The number of nitrogens with zero attached hydrogens (tertiary/aromatic N) is 3. The summed E-state index contributed by atoms with van der Waals surface area (Å²) in [5.41, 5.74) is -0.102. The van der Waals surface area contributed by atoms with Gasteiger partial charge in [0.05, 0.1) is 24.0 Å². The minimum atomic E-state index is -1.58. The van der Waals surface area contributed by atoms with Crippen molar-refractivity contribution in [1.29, 1.82) is 5.26 Å². The number of halogens is 3. The molecule has 25 heavy (non-hydrogen) atoms. The highest BCUT2D eigenvalue weighted by molar-refractivity contribution is 5.91. The van der Waals surface area contributed by atoms with Crippen LogP contribution in [-0.2, 0) is 0 Å². The van der Waals surface area contributed by atoms with E-state index in [1.807, 2.05) is 6.07 Å². The Hall–Kier alpha value is -3.28. The Balaban J connectivity index is 2.14. The van der Waals surface area contributed by atoms with E-state index in [0.717, 1.165) is 12.1 Å². The second-order valence-electron chi connectivity index (χ2n) is 5.45. The summed E-state index contributed by atoms with van der Waals surface area (Å²) in [6.45, 7) is 1.75. The highest BCUT2D eigenvalue weighted by Gasteiger charge is 2.18. The van der Waals surface area contributed by atoms with Gasteiger partial charge in [0.25, 0.3) is 5.56 Å². The normalized spacial score (nSPS) is 12.1. The summed E-state index contributed by atoms with van der Waals surface area (Å²) in [6, 6.07) is 4.82. The SMILES string of the molecule is C[C@@H](CC#N)n1nc(Nc2cc(F)c(F)c(F)c2)c2c(=O)[nH]ccc21. The molecule has 1 atom stereocenters. The lowest BCUT2D eigenvalue weighted by Crippen LogP contribution is -2.08. The fourth-order valence-corrected chi connectivity index (χ4v) is 2.51. The largest absolute Gasteiger partial charge is 0.338 e. The van der Waals surface area contributed by atoms with Crippen molar-refractivity contribution in [2.24, 2.45) is 0 Å². The number of hydrogen-bond acceptors (Lipinski definition) is 4. The van der Waals surface area contributed by atoms with Crippen LogP contribution in [0.15, 0.2) is 29.2 Å². The Morgan fingerprint density at radius 3 is 2.68 bits per heavy atom. The quantitative estimate of drug-likeness (QED) is 0.709. The third-order valence-corrected chi connectivity index (χ3v) is 3.68. The van der Waals surface area contributed by atoms with Gasteiger partial charge in [-0.05, 0) is 13.0 Å². The molecule has 9 heteroatoms. The Kier molecular flexibility index (Phi) is 4.19. The van der Waals surface area contributed by atoms with Crippen molar-refractivity contribution in [2.45, 2.75) is 19.4 Å². The minimum Gasteiger partial charge on any atom is -0.338 e. The molecule has 0 amide bonds. The van der Waals surface area contributed by atoms with Crippen LogP contribution in [0.2, 0.25) is 0 Å². The molecule has 3 aromatic rings. The molecule has 0 aliphatic carbocycles. The maximum atomic E-state index is 13.4. The van der Waals surface area contributed by atoms with Crippen LogP contribution in [0.5, 0.6) is 0 Å². The highest BCUT2D eigenvalue weighted by atomic mass is 19.2. The Morgan fingerprint density at radius 1 is 1.36 bits per heavy atom. The molecule has 2 N–H and O–H groups in total. The molecule has 0 saturated heterocycles. The van der Waals surface area contributed by atoms with E-state index in [9.17, 15) is 18.0 Å². The van der Waals surface area contributed by atoms with Crippen LogP contribution in [0.3, 0.4) is 0 Å². The van der Waals surface area contributed by atoms with Crippen LogP contribution >= 0.6 is 0 Å². The van der Waals surface area contributed by atoms with E-state index in [1.54, 1.807) is 13.0 Å². The number of nitrogens with one attached hydrogen (secondary N) is 2. The first kappa shape index (κ1) is 16.6. The van der Waals surface area contributed by atoms with Crippen LogP contribution in [0.1, 0.15) is 19.4 Å². The fraction of sp³-hybridized carbons (Fsp3) is 0.188. The number of nitriles is 1. The molecule has 0 spiro atoms. The molecule has 0 unspecified atom stereocenters. The lowest BCUT2D eigenvalue weighted by Gasteiger charge is -2.09. The zero-order valence-electron chi connectivity index (χ0n) is 13.0. The molecular formula is C16H12F3N5O. The lowest BCUT2D eigenvalue weighted by molar-refractivity contribution is 0.448. The maximum absolute atomic E-state index is 13.4. The van der Waals surface area contributed by atoms with Gasteiger partial charge in [0.1, 0.15) is 5.39 Å². The Labute approximate surface area is 139 Å². The predicted molar refractivity (Wildman–Crippen MR) is 84.9 cm³/mol. The number of aromatic amines is 1. The van der Waals surface area contributed by atoms with E-state index in [1.165, 1.54) is 10.9 Å². The molecule has 0 fully saturated rings. The summed E-state index contributed by atoms with van der Waals surface area (Å²) in [5.74, 6) is -4.26. The van der Waals surface area contributed by atoms with Crippen molar-refractivity contribution >= 4 is 22.4 Å². The number of anilines is 2. The third kappa shape index (κ3) is 2.94. The Morgan fingerprint density at radius 2 is 2.04 bits per heavy atom. The Bertz CT molecular complexity index is 1030. The number of H-pyrrole nitrogens is 1. The fourth-order valence-electron chi connectivity index (χ4n) is 2.51. The van der Waals surface area contributed by atoms with Gasteiger partial charge in [0.15, 0.2) is 23.3 Å². The number of fused-ring (bicyclic) bond motifs is 1. The van der Waals surface area contributed by atoms with Crippen molar-refractivity contribution in [3.8, 4) is 6.07 Å². The molecule has 0 radical (unpaired) electrons. The van der Waals surface area contributed by atoms with Crippen LogP contribution in [0.4, 0.5) is 24.7 Å². The predicted octanol–water partition coefficient (Wildman–Crippen LogP) is 3.36. The van der Waals surface area contributed by atoms with Gasteiger partial charge in [-0.1, -0.05) is 0 Å². The van der Waals surface area contributed by atoms with Crippen molar-refractivity contribution in [3.63, 3.8) is 0 Å². The summed E-state index contributed by atoms with van der Waals surface area (Å²) in [7, 11) is 0. The van der Waals surface area contributed by atoms with Gasteiger partial charge in [0, 0.05) is 24.0 Å². The van der Waals surface area contributed by atoms with Crippen LogP contribution < -0.4 is 10.9 Å². The van der Waals surface area contributed by atoms with Crippen molar-refractivity contribution in [2.75, 3.05) is 5.32 Å². The summed E-state index contributed by atoms with van der Waals surface area (Å²) in [5, 5.41) is 15.9. The zero-order valence-corrected chi connectivity index (χ0v) is 13.0. The van der Waals surface area contributed by atoms with Crippen LogP contribution in [0.25, 0.3) is 10.9 Å². The molecule has 2 heterocycles. The lowest BCUT2D eigenvalue weighted by atomic mass is 10.2. The summed E-state index contributed by atoms with van der Waals surface area (Å²) in [4.78, 5) is 14.6. The number of pyridine rings is 1. The number of benzene rings is 1. The van der Waals surface area contributed by atoms with Crippen LogP contribution in [0, 0.1) is 28.8 Å². The van der Waals surface area contributed by atoms with E-state index >= 15 is 0 Å². The average Bonchev–Trinajstić information content (AvgIpc) is 2.93. The average molecular weight is 347 g/mol. The molecular weight excluding hydrogens is 335 g/mol. The van der Waals surface area contributed by atoms with Crippen molar-refractivity contribution in [1.82, 2.24) is 14.8 Å². The van der Waals surface area contributed by atoms with Crippen LogP contribution in [-0.4, -0.2) is 14.8 Å². The standard InChI is InChI=1S/C16H12F3N5O/c1-8(2-4-20)24-12-3-5-21-16(25)13(12)15(23-24)22-9-6-10(17)14(19)11(18)7-9/h3,5-8H,2H2,1H3,(H,21,25)(H,22,23)/t8-/m0/s1. The molecule has 6 nitrogen and oxygen atoms in total. The molecule has 1 aromatic carbocycles. The second-order valence-corrected chi connectivity index (χ2v) is 5.45. The summed E-state index contributed by atoms with van der Waals surface area (Å²) < 4.78 is 41.3. The smallest absolute Gasteiger partial charge is 0.261 e. The number of hydrogen-bond donors (Lipinski definition) is 2. The van der Waals surface area contributed by atoms with Gasteiger partial charge < -0.3 is 10.3 Å². The molecule has 0 bridgehead atoms. The first-order valence-corrected chi connectivity index (χ1v) is 7.30. The topological polar surface area (TPSA) is 86.5 Å². The first-order chi connectivity index (χ1) is 11.9. The molecule has 3 rings (SSSR count). The van der Waals surface area contributed by atoms with E-state index < -0.39 is 23.0 Å². The monoisotopic (exact) mass is 347 g/mol. The van der Waals surface area contributed by atoms with E-state index in [-0.39, 0.29) is 29.4 Å². The van der Waals surface area contributed by atoms with E-state index in [0.29, 0.717) is 5.52 Å². The summed E-state index contributed by atoms with van der Waals surface area (Å²) in [6.07, 6.45) is 1.59. The molecule has 2 aromatic heterocycles. The van der Waals surface area contributed by atoms with Gasteiger partial charge in [0.2, 0.25) is 0 Å². The second kappa shape index (κ2) is 6.32. The van der Waals surface area contributed by atoms with E-state index in [2.05, 4.69) is 15.4 Å². The first-order valence-electron chi connectivity index (χ1n) is 7.30. The van der Waals surface area contributed by atoms with E-state index in [4.69, 9.17) is 5.26 Å². The van der Waals surface area contributed by atoms with Gasteiger partial charge in [-0.15, -0.1) is 0 Å². The van der Waals surface area contributed by atoms with Gasteiger partial charge in [-0.25, -0.2) is 13.2 Å². The maximum Gasteiger partial charge on any atom is 0.261 e. The molecule has 0 saturated carbocycles. The van der Waals surface area contributed by atoms with Crippen molar-refractivity contribution in [3.05, 3.63) is 52.2 Å². The molecule has 128 valence electrons. The summed E-state index contributed by atoms with van der Waals surface area (Å²) >= 11 is 0. The van der Waals surface area contributed by atoms with Gasteiger partial charge in [-0.2, -0.15) is 10.4 Å². The highest BCUT2D eigenvalue weighted by Crippen LogP contribution is 2.27. The minimum absolute atomic E-state index is 0.0482. The molecule has 0 aliphatic heterocycles. The number of rotatable bonds is 4.